The molecule has 0 aliphatic carbocycles. The molecule has 3 heterocycles. The quantitative estimate of drug-likeness (QED) is 0.664. The summed E-state index contributed by atoms with van der Waals surface area (Å²) in [4.78, 5) is 11.8. The Morgan fingerprint density at radius 2 is 2.17 bits per heavy atom. The molecule has 0 saturated heterocycles. The van der Waals surface area contributed by atoms with Crippen LogP contribution >= 0.6 is 11.6 Å². The first kappa shape index (κ1) is 11.0. The van der Waals surface area contributed by atoms with Gasteiger partial charge in [-0.1, -0.05) is 17.7 Å². The number of hydrogen-bond acceptors (Lipinski definition) is 4. The molecule has 3 aromatic heterocycles. The van der Waals surface area contributed by atoms with Crippen LogP contribution in [0.2, 0.25) is 5.15 Å². The Hall–Kier alpha value is -2.08. The van der Waals surface area contributed by atoms with Crippen LogP contribution in [-0.2, 0) is 6.54 Å². The summed E-state index contributed by atoms with van der Waals surface area (Å²) in [6, 6.07) is 3.32. The lowest BCUT2D eigenvalue weighted by Gasteiger charge is -2.03. The zero-order chi connectivity index (χ0) is 12.5. The zero-order valence-electron chi connectivity index (χ0n) is 9.09. The van der Waals surface area contributed by atoms with Crippen molar-refractivity contribution in [1.29, 1.82) is 0 Å². The lowest BCUT2D eigenvalue weighted by Crippen LogP contribution is -2.05. The van der Waals surface area contributed by atoms with Gasteiger partial charge in [-0.05, 0) is 6.07 Å². The molecular formula is C11H7ClFN5. The average Bonchev–Trinajstić information content (AvgIpc) is 2.75. The molecule has 0 aromatic carbocycles. The van der Waals surface area contributed by atoms with E-state index in [1.54, 1.807) is 18.3 Å². The van der Waals surface area contributed by atoms with Crippen LogP contribution in [0.5, 0.6) is 0 Å². The maximum atomic E-state index is 13.4. The third-order valence-corrected chi connectivity index (χ3v) is 2.65. The minimum Gasteiger partial charge on any atom is -0.248 e. The summed E-state index contributed by atoms with van der Waals surface area (Å²) in [6.07, 6.45) is 4.41. The molecule has 18 heavy (non-hydrogen) atoms. The second-order valence-electron chi connectivity index (χ2n) is 3.66. The van der Waals surface area contributed by atoms with Gasteiger partial charge in [-0.25, -0.2) is 19.6 Å². The van der Waals surface area contributed by atoms with Gasteiger partial charge < -0.3 is 0 Å². The molecule has 0 radical (unpaired) electrons. The first-order valence-electron chi connectivity index (χ1n) is 5.17. The highest BCUT2D eigenvalue weighted by Crippen LogP contribution is 2.14. The lowest BCUT2D eigenvalue weighted by molar-refractivity contribution is 0.552. The molecule has 3 aromatic rings. The Bertz CT molecular complexity index is 711. The van der Waals surface area contributed by atoms with Crippen molar-refractivity contribution in [2.24, 2.45) is 0 Å². The predicted molar refractivity (Wildman–Crippen MR) is 63.6 cm³/mol. The number of pyridine rings is 1. The molecule has 5 nitrogen and oxygen atoms in total. The second kappa shape index (κ2) is 4.30. The van der Waals surface area contributed by atoms with Gasteiger partial charge in [0.2, 0.25) is 5.95 Å². The summed E-state index contributed by atoms with van der Waals surface area (Å²) in [6.45, 7) is 0.234. The van der Waals surface area contributed by atoms with Crippen molar-refractivity contribution in [3.63, 3.8) is 0 Å². The fourth-order valence-corrected chi connectivity index (χ4v) is 1.77. The second-order valence-corrected chi connectivity index (χ2v) is 4.04. The number of nitrogens with zero attached hydrogens (tertiary/aromatic N) is 5. The molecule has 0 spiro atoms. The largest absolute Gasteiger partial charge is 0.248 e. The minimum atomic E-state index is -0.517. The fourth-order valence-electron chi connectivity index (χ4n) is 1.64. The van der Waals surface area contributed by atoms with Crippen molar-refractivity contribution in [3.8, 4) is 0 Å². The number of rotatable bonds is 2. The topological polar surface area (TPSA) is 56.5 Å². The first-order chi connectivity index (χ1) is 8.74. The molecule has 0 bridgehead atoms. The molecule has 3 rings (SSSR count). The lowest BCUT2D eigenvalue weighted by atomic mass is 10.3. The van der Waals surface area contributed by atoms with Gasteiger partial charge >= 0.3 is 0 Å². The van der Waals surface area contributed by atoms with E-state index in [1.165, 1.54) is 17.1 Å². The maximum Gasteiger partial charge on any atom is 0.217 e. The van der Waals surface area contributed by atoms with Gasteiger partial charge in [-0.2, -0.15) is 9.49 Å². The Morgan fingerprint density at radius 1 is 1.28 bits per heavy atom. The molecule has 7 heteroatoms. The van der Waals surface area contributed by atoms with Crippen molar-refractivity contribution in [2.75, 3.05) is 0 Å². The standard InChI is InChI=1S/C11H7ClFN5/c12-9-5-15-8-4-16-18(11(8)17-9)6-7-2-1-3-14-10(7)13/h1-5H,6H2. The van der Waals surface area contributed by atoms with Crippen LogP contribution in [0.1, 0.15) is 5.56 Å². The van der Waals surface area contributed by atoms with Crippen molar-refractivity contribution in [3.05, 3.63) is 47.4 Å². The maximum absolute atomic E-state index is 13.4. The van der Waals surface area contributed by atoms with Gasteiger partial charge in [-0.15, -0.1) is 0 Å². The number of hydrogen-bond donors (Lipinski definition) is 0. The Labute approximate surface area is 106 Å². The van der Waals surface area contributed by atoms with E-state index in [0.29, 0.717) is 16.7 Å². The SMILES string of the molecule is Fc1ncccc1Cn1ncc2ncc(Cl)nc21. The first-order valence-corrected chi connectivity index (χ1v) is 5.55. The normalized spacial score (nSPS) is 11.0. The summed E-state index contributed by atoms with van der Waals surface area (Å²) in [5, 5.41) is 4.39. The van der Waals surface area contributed by atoms with Crippen LogP contribution < -0.4 is 0 Å². The third kappa shape index (κ3) is 1.91. The summed E-state index contributed by atoms with van der Waals surface area (Å²) in [5.74, 6) is -0.517. The molecule has 0 saturated carbocycles. The Morgan fingerprint density at radius 3 is 3.00 bits per heavy atom. The molecule has 0 amide bonds. The predicted octanol–water partition coefficient (Wildman–Crippen LogP) is 2.06. The summed E-state index contributed by atoms with van der Waals surface area (Å²) in [5.41, 5.74) is 1.57. The molecule has 0 unspecified atom stereocenters. The van der Waals surface area contributed by atoms with Gasteiger partial charge in [-0.3, -0.25) is 0 Å². The van der Waals surface area contributed by atoms with Crippen LogP contribution in [0.3, 0.4) is 0 Å². The monoisotopic (exact) mass is 263 g/mol. The molecule has 0 N–H and O–H groups in total. The third-order valence-electron chi connectivity index (χ3n) is 2.47. The van der Waals surface area contributed by atoms with E-state index in [1.807, 2.05) is 0 Å². The van der Waals surface area contributed by atoms with Gasteiger partial charge in [0.15, 0.2) is 5.65 Å². The van der Waals surface area contributed by atoms with E-state index in [0.717, 1.165) is 0 Å². The molecule has 0 fully saturated rings. The van der Waals surface area contributed by atoms with Crippen molar-refractivity contribution in [1.82, 2.24) is 24.7 Å². The summed E-state index contributed by atoms with van der Waals surface area (Å²) >= 11 is 5.78. The van der Waals surface area contributed by atoms with E-state index in [9.17, 15) is 4.39 Å². The zero-order valence-corrected chi connectivity index (χ0v) is 9.84. The van der Waals surface area contributed by atoms with E-state index in [2.05, 4.69) is 20.1 Å². The van der Waals surface area contributed by atoms with Crippen molar-refractivity contribution < 1.29 is 4.39 Å². The minimum absolute atomic E-state index is 0.234. The number of aromatic nitrogens is 5. The molecular weight excluding hydrogens is 257 g/mol. The van der Waals surface area contributed by atoms with Crippen LogP contribution in [0.4, 0.5) is 4.39 Å². The highest BCUT2D eigenvalue weighted by atomic mass is 35.5. The van der Waals surface area contributed by atoms with Crippen molar-refractivity contribution >= 4 is 22.8 Å². The van der Waals surface area contributed by atoms with E-state index >= 15 is 0 Å². The molecule has 0 aliphatic heterocycles. The fraction of sp³-hybridized carbons (Fsp3) is 0.0909. The molecule has 0 aliphatic rings. The van der Waals surface area contributed by atoms with Gasteiger partial charge in [0.25, 0.3) is 0 Å². The van der Waals surface area contributed by atoms with Gasteiger partial charge in [0.1, 0.15) is 10.7 Å². The van der Waals surface area contributed by atoms with Crippen LogP contribution in [-0.4, -0.2) is 24.7 Å². The highest BCUT2D eigenvalue weighted by Gasteiger charge is 2.09. The van der Waals surface area contributed by atoms with Crippen LogP contribution in [0, 0.1) is 5.95 Å². The molecule has 0 atom stereocenters. The van der Waals surface area contributed by atoms with Crippen LogP contribution in [0.15, 0.2) is 30.7 Å². The van der Waals surface area contributed by atoms with Gasteiger partial charge in [0.05, 0.1) is 18.9 Å². The number of fused-ring (bicyclic) bond motifs is 1. The average molecular weight is 264 g/mol. The Kier molecular flexibility index (Phi) is 2.64. The molecule has 90 valence electrons. The van der Waals surface area contributed by atoms with E-state index in [-0.39, 0.29) is 11.7 Å². The van der Waals surface area contributed by atoms with E-state index < -0.39 is 5.95 Å². The van der Waals surface area contributed by atoms with E-state index in [4.69, 9.17) is 11.6 Å². The smallest absolute Gasteiger partial charge is 0.217 e. The Balaban J connectivity index is 2.05. The van der Waals surface area contributed by atoms with Gasteiger partial charge in [0, 0.05) is 11.8 Å². The highest BCUT2D eigenvalue weighted by molar-refractivity contribution is 6.29. The number of halogens is 2. The summed E-state index contributed by atoms with van der Waals surface area (Å²) < 4.78 is 15.0. The van der Waals surface area contributed by atoms with Crippen molar-refractivity contribution in [2.45, 2.75) is 6.54 Å². The van der Waals surface area contributed by atoms with Crippen LogP contribution in [0.25, 0.3) is 11.2 Å². The summed E-state index contributed by atoms with van der Waals surface area (Å²) in [7, 11) is 0.